The van der Waals surface area contributed by atoms with Gasteiger partial charge in [-0.05, 0) is 91.1 Å². The maximum absolute atomic E-state index is 12.4. The number of rotatable bonds is 6. The van der Waals surface area contributed by atoms with E-state index in [0.717, 1.165) is 64.0 Å². The Bertz CT molecular complexity index is 604. The molecule has 0 aromatic carbocycles. The highest BCUT2D eigenvalue weighted by Crippen LogP contribution is 2.23. The summed E-state index contributed by atoms with van der Waals surface area (Å²) in [6.45, 7) is 17.3. The number of aliphatic imine (C=N–C) groups is 1. The van der Waals surface area contributed by atoms with Crippen molar-refractivity contribution in [2.24, 2.45) is 16.8 Å². The summed E-state index contributed by atoms with van der Waals surface area (Å²) < 4.78 is 5.56. The van der Waals surface area contributed by atoms with Gasteiger partial charge in [0.25, 0.3) is 0 Å². The Hall–Kier alpha value is -0.770. The summed E-state index contributed by atoms with van der Waals surface area (Å²) in [5.41, 5.74) is -0.433. The minimum atomic E-state index is -0.433. The van der Waals surface area contributed by atoms with E-state index in [1.807, 2.05) is 25.7 Å². The number of nitrogens with one attached hydrogen (secondary N) is 1. The maximum Gasteiger partial charge on any atom is 0.410 e. The van der Waals surface area contributed by atoms with Crippen LogP contribution in [0, 0.1) is 11.8 Å². The lowest BCUT2D eigenvalue weighted by molar-refractivity contribution is 0.0163. The third-order valence-corrected chi connectivity index (χ3v) is 6.60. The third kappa shape index (κ3) is 8.88. The molecule has 7 nitrogen and oxygen atoms in total. The lowest BCUT2D eigenvalue weighted by Gasteiger charge is -2.34. The number of nitrogens with zero attached hydrogens (tertiary/aromatic N) is 4. The predicted octanol–water partition coefficient (Wildman–Crippen LogP) is 4.02. The summed E-state index contributed by atoms with van der Waals surface area (Å²) in [5, 5.41) is 3.51. The fraction of sp³-hybridized carbons (Fsp3) is 0.917. The van der Waals surface area contributed by atoms with Gasteiger partial charge in [0, 0.05) is 45.8 Å². The molecule has 0 aromatic heterocycles. The van der Waals surface area contributed by atoms with Crippen molar-refractivity contribution in [2.75, 3.05) is 58.9 Å². The van der Waals surface area contributed by atoms with Gasteiger partial charge in [0.1, 0.15) is 5.60 Å². The number of ether oxygens (including phenoxy) is 1. The highest BCUT2D eigenvalue weighted by Gasteiger charge is 2.29. The van der Waals surface area contributed by atoms with E-state index < -0.39 is 5.60 Å². The van der Waals surface area contributed by atoms with Crippen LogP contribution in [0.1, 0.15) is 66.2 Å². The zero-order valence-electron chi connectivity index (χ0n) is 20.8. The molecule has 0 spiro atoms. The van der Waals surface area contributed by atoms with Gasteiger partial charge in [-0.1, -0.05) is 0 Å². The van der Waals surface area contributed by atoms with Crippen molar-refractivity contribution in [3.05, 3.63) is 0 Å². The number of hydrogen-bond donors (Lipinski definition) is 1. The standard InChI is InChI=1S/C24H45N5O2.HI/c1-5-25-22(28-16-11-21(19-28)17-27-13-6-7-14-27)26-12-10-20-9-8-15-29(18-20)23(30)31-24(2,3)4;/h20-21H,5-19H2,1-4H3,(H,25,26);1H. The number of hydrogen-bond acceptors (Lipinski definition) is 4. The van der Waals surface area contributed by atoms with Crippen molar-refractivity contribution in [2.45, 2.75) is 71.8 Å². The molecule has 32 heavy (non-hydrogen) atoms. The van der Waals surface area contributed by atoms with Gasteiger partial charge in [-0.2, -0.15) is 0 Å². The first-order valence-electron chi connectivity index (χ1n) is 12.6. The number of carbonyl (C=O) groups is 1. The van der Waals surface area contributed by atoms with Gasteiger partial charge in [0.15, 0.2) is 5.96 Å². The molecule has 0 saturated carbocycles. The molecule has 3 fully saturated rings. The normalized spacial score (nSPS) is 25.1. The fourth-order valence-electron chi connectivity index (χ4n) is 5.08. The van der Waals surface area contributed by atoms with E-state index in [1.165, 1.54) is 45.3 Å². The van der Waals surface area contributed by atoms with Crippen molar-refractivity contribution in [1.29, 1.82) is 0 Å². The van der Waals surface area contributed by atoms with E-state index in [9.17, 15) is 4.79 Å². The summed E-state index contributed by atoms with van der Waals surface area (Å²) in [6.07, 6.45) is 7.09. The number of carbonyl (C=O) groups excluding carboxylic acids is 1. The van der Waals surface area contributed by atoms with Crippen LogP contribution in [0.15, 0.2) is 4.99 Å². The fourth-order valence-corrected chi connectivity index (χ4v) is 5.08. The molecule has 0 aromatic rings. The Morgan fingerprint density at radius 2 is 1.72 bits per heavy atom. The zero-order chi connectivity index (χ0) is 22.3. The zero-order valence-corrected chi connectivity index (χ0v) is 23.1. The molecule has 3 aliphatic rings. The molecule has 0 aliphatic carbocycles. The molecule has 1 amide bonds. The number of amides is 1. The van der Waals surface area contributed by atoms with Gasteiger partial charge in [-0.25, -0.2) is 4.79 Å². The van der Waals surface area contributed by atoms with Gasteiger partial charge in [-0.3, -0.25) is 4.99 Å². The van der Waals surface area contributed by atoms with Crippen LogP contribution in [0.4, 0.5) is 4.79 Å². The smallest absolute Gasteiger partial charge is 0.410 e. The first-order chi connectivity index (χ1) is 14.8. The molecule has 2 atom stereocenters. The second-order valence-electron chi connectivity index (χ2n) is 10.6. The van der Waals surface area contributed by atoms with E-state index in [4.69, 9.17) is 9.73 Å². The summed E-state index contributed by atoms with van der Waals surface area (Å²) in [6, 6.07) is 0. The van der Waals surface area contributed by atoms with Crippen molar-refractivity contribution < 1.29 is 9.53 Å². The van der Waals surface area contributed by atoms with Crippen LogP contribution in [0.3, 0.4) is 0 Å². The lowest BCUT2D eigenvalue weighted by Crippen LogP contribution is -2.43. The molecule has 1 N–H and O–H groups in total. The van der Waals surface area contributed by atoms with Gasteiger partial charge in [-0.15, -0.1) is 24.0 Å². The Morgan fingerprint density at radius 1 is 1.00 bits per heavy atom. The second kappa shape index (κ2) is 13.2. The van der Waals surface area contributed by atoms with E-state index >= 15 is 0 Å². The van der Waals surface area contributed by atoms with Gasteiger partial charge >= 0.3 is 6.09 Å². The Morgan fingerprint density at radius 3 is 2.41 bits per heavy atom. The van der Waals surface area contributed by atoms with Crippen LogP contribution in [0.25, 0.3) is 0 Å². The first kappa shape index (κ1) is 27.5. The van der Waals surface area contributed by atoms with Crippen LogP contribution in [-0.4, -0.2) is 91.3 Å². The third-order valence-electron chi connectivity index (χ3n) is 6.60. The average molecular weight is 564 g/mol. The molecule has 0 bridgehead atoms. The van der Waals surface area contributed by atoms with Crippen LogP contribution in [-0.2, 0) is 4.74 Å². The van der Waals surface area contributed by atoms with E-state index in [-0.39, 0.29) is 30.1 Å². The molecule has 3 rings (SSSR count). The number of guanidine groups is 1. The molecule has 3 saturated heterocycles. The van der Waals surface area contributed by atoms with Crippen LogP contribution < -0.4 is 5.32 Å². The summed E-state index contributed by atoms with van der Waals surface area (Å²) in [5.74, 6) is 2.35. The van der Waals surface area contributed by atoms with Crippen molar-refractivity contribution >= 4 is 36.0 Å². The number of piperidine rings is 1. The SMILES string of the molecule is CCNC(=NCCC1CCCN(C(=O)OC(C)(C)C)C1)N1CCC(CN2CCCC2)C1.I. The summed E-state index contributed by atoms with van der Waals surface area (Å²) >= 11 is 0. The summed E-state index contributed by atoms with van der Waals surface area (Å²) in [7, 11) is 0. The molecule has 0 radical (unpaired) electrons. The molecular weight excluding hydrogens is 517 g/mol. The average Bonchev–Trinajstić information content (AvgIpc) is 3.39. The van der Waals surface area contributed by atoms with Crippen LogP contribution in [0.2, 0.25) is 0 Å². The van der Waals surface area contributed by atoms with Crippen molar-refractivity contribution in [3.63, 3.8) is 0 Å². The number of likely N-dealkylation sites (tertiary alicyclic amines) is 3. The topological polar surface area (TPSA) is 60.4 Å². The van der Waals surface area contributed by atoms with Crippen molar-refractivity contribution in [1.82, 2.24) is 20.0 Å². The van der Waals surface area contributed by atoms with Gasteiger partial charge < -0.3 is 24.8 Å². The first-order valence-corrected chi connectivity index (χ1v) is 12.6. The molecular formula is C24H46IN5O2. The second-order valence-corrected chi connectivity index (χ2v) is 10.6. The molecule has 3 heterocycles. The number of halogens is 1. The van der Waals surface area contributed by atoms with Crippen molar-refractivity contribution in [3.8, 4) is 0 Å². The Balaban J connectivity index is 0.00000363. The van der Waals surface area contributed by atoms with Crippen LogP contribution >= 0.6 is 24.0 Å². The predicted molar refractivity (Wildman–Crippen MR) is 142 cm³/mol. The van der Waals surface area contributed by atoms with Gasteiger partial charge in [0.05, 0.1) is 0 Å². The molecule has 3 aliphatic heterocycles. The maximum atomic E-state index is 12.4. The minimum Gasteiger partial charge on any atom is -0.444 e. The van der Waals surface area contributed by atoms with E-state index in [2.05, 4.69) is 22.0 Å². The van der Waals surface area contributed by atoms with Crippen LogP contribution in [0.5, 0.6) is 0 Å². The highest BCUT2D eigenvalue weighted by molar-refractivity contribution is 14.0. The summed E-state index contributed by atoms with van der Waals surface area (Å²) in [4.78, 5) is 24.4. The largest absolute Gasteiger partial charge is 0.444 e. The highest BCUT2D eigenvalue weighted by atomic mass is 127. The Labute approximate surface area is 212 Å². The Kier molecular flexibility index (Phi) is 11.3. The van der Waals surface area contributed by atoms with Gasteiger partial charge in [0.2, 0.25) is 0 Å². The molecule has 8 heteroatoms. The monoisotopic (exact) mass is 563 g/mol. The minimum absolute atomic E-state index is 0. The molecule has 2 unspecified atom stereocenters. The van der Waals surface area contributed by atoms with E-state index in [1.54, 1.807) is 0 Å². The van der Waals surface area contributed by atoms with E-state index in [0.29, 0.717) is 5.92 Å². The molecule has 186 valence electrons. The quantitative estimate of drug-likeness (QED) is 0.301. The lowest BCUT2D eigenvalue weighted by atomic mass is 9.95.